The van der Waals surface area contributed by atoms with Gasteiger partial charge in [-0.2, -0.15) is 0 Å². The molecule has 0 fully saturated rings. The zero-order valence-electron chi connectivity index (χ0n) is 15.0. The van der Waals surface area contributed by atoms with E-state index < -0.39 is 10.8 Å². The molecule has 28 heavy (non-hydrogen) atoms. The Morgan fingerprint density at radius 3 is 2.75 bits per heavy atom. The summed E-state index contributed by atoms with van der Waals surface area (Å²) in [4.78, 5) is 27.5. The maximum Gasteiger partial charge on any atom is 0.270 e. The van der Waals surface area contributed by atoms with Crippen LogP contribution in [0.1, 0.15) is 15.9 Å². The maximum atomic E-state index is 12.5. The molecule has 0 saturated heterocycles. The van der Waals surface area contributed by atoms with Gasteiger partial charge in [-0.1, -0.05) is 18.2 Å². The number of nitrogens with one attached hydrogen (secondary N) is 1. The molecule has 0 unspecified atom stereocenters. The number of carbonyl (C=O) groups is 1. The number of fused-ring (bicyclic) bond motifs is 1. The second kappa shape index (κ2) is 6.96. The van der Waals surface area contributed by atoms with Crippen molar-refractivity contribution < 1.29 is 9.72 Å². The van der Waals surface area contributed by atoms with Gasteiger partial charge in [-0.3, -0.25) is 14.9 Å². The van der Waals surface area contributed by atoms with Gasteiger partial charge in [-0.05, 0) is 42.8 Å². The van der Waals surface area contributed by atoms with E-state index in [1.54, 1.807) is 6.07 Å². The van der Waals surface area contributed by atoms with Crippen LogP contribution in [0.25, 0.3) is 16.9 Å². The monoisotopic (exact) mass is 372 g/mol. The van der Waals surface area contributed by atoms with E-state index in [1.807, 2.05) is 54.0 Å². The van der Waals surface area contributed by atoms with E-state index in [0.29, 0.717) is 5.69 Å². The van der Waals surface area contributed by atoms with Gasteiger partial charge in [0.25, 0.3) is 11.6 Å². The third kappa shape index (κ3) is 3.45. The van der Waals surface area contributed by atoms with Gasteiger partial charge in [0.1, 0.15) is 5.65 Å². The number of anilines is 1. The summed E-state index contributed by atoms with van der Waals surface area (Å²) >= 11 is 0. The molecule has 2 aromatic heterocycles. The Labute approximate surface area is 160 Å². The highest BCUT2D eigenvalue weighted by molar-refractivity contribution is 6.04. The van der Waals surface area contributed by atoms with Crippen LogP contribution in [0.3, 0.4) is 0 Å². The first-order chi connectivity index (χ1) is 13.5. The van der Waals surface area contributed by atoms with Crippen molar-refractivity contribution in [3.8, 4) is 11.3 Å². The highest BCUT2D eigenvalue weighted by Gasteiger charge is 2.12. The molecule has 0 saturated carbocycles. The Balaban J connectivity index is 1.60. The molecule has 0 radical (unpaired) electrons. The molecular formula is C21H16N4O3. The molecule has 1 N–H and O–H groups in total. The summed E-state index contributed by atoms with van der Waals surface area (Å²) in [6.45, 7) is 2.01. The molecule has 138 valence electrons. The van der Waals surface area contributed by atoms with E-state index in [2.05, 4.69) is 10.3 Å². The van der Waals surface area contributed by atoms with Gasteiger partial charge in [0.05, 0.1) is 10.6 Å². The summed E-state index contributed by atoms with van der Waals surface area (Å²) in [7, 11) is 0. The molecule has 0 aliphatic rings. The van der Waals surface area contributed by atoms with Crippen molar-refractivity contribution in [2.75, 3.05) is 5.32 Å². The van der Waals surface area contributed by atoms with E-state index in [1.165, 1.54) is 24.3 Å². The molecule has 7 heteroatoms. The van der Waals surface area contributed by atoms with Gasteiger partial charge in [0.15, 0.2) is 0 Å². The Kier molecular flexibility index (Phi) is 4.33. The summed E-state index contributed by atoms with van der Waals surface area (Å²) in [6.07, 6.45) is 3.88. The first-order valence-corrected chi connectivity index (χ1v) is 8.61. The predicted octanol–water partition coefficient (Wildman–Crippen LogP) is 4.47. The number of aryl methyl sites for hydroxylation is 1. The number of nitrogens with zero attached hydrogens (tertiary/aromatic N) is 3. The van der Waals surface area contributed by atoms with Crippen LogP contribution in [0.5, 0.6) is 0 Å². The number of amides is 1. The van der Waals surface area contributed by atoms with Gasteiger partial charge in [-0.25, -0.2) is 4.98 Å². The topological polar surface area (TPSA) is 89.5 Å². The number of rotatable bonds is 4. The van der Waals surface area contributed by atoms with Crippen LogP contribution in [0.2, 0.25) is 0 Å². The lowest BCUT2D eigenvalue weighted by Gasteiger charge is -2.06. The van der Waals surface area contributed by atoms with Crippen molar-refractivity contribution in [3.05, 3.63) is 94.3 Å². The normalized spacial score (nSPS) is 10.8. The van der Waals surface area contributed by atoms with Crippen molar-refractivity contribution in [1.82, 2.24) is 9.38 Å². The van der Waals surface area contributed by atoms with Crippen molar-refractivity contribution in [3.63, 3.8) is 0 Å². The van der Waals surface area contributed by atoms with Crippen LogP contribution < -0.4 is 5.32 Å². The number of hydrogen-bond acceptors (Lipinski definition) is 4. The molecular weight excluding hydrogens is 356 g/mol. The number of aromatic nitrogens is 2. The number of non-ortho nitro benzene ring substituents is 1. The highest BCUT2D eigenvalue weighted by atomic mass is 16.6. The second-order valence-electron chi connectivity index (χ2n) is 6.44. The number of nitro benzene ring substituents is 1. The van der Waals surface area contributed by atoms with Gasteiger partial charge in [-0.15, -0.1) is 0 Å². The van der Waals surface area contributed by atoms with Gasteiger partial charge in [0, 0.05) is 41.3 Å². The summed E-state index contributed by atoms with van der Waals surface area (Å²) in [5.74, 6) is -0.411. The van der Waals surface area contributed by atoms with Gasteiger partial charge < -0.3 is 9.72 Å². The third-order valence-electron chi connectivity index (χ3n) is 4.35. The van der Waals surface area contributed by atoms with Crippen LogP contribution in [-0.2, 0) is 0 Å². The smallest absolute Gasteiger partial charge is 0.270 e. The zero-order chi connectivity index (χ0) is 19.7. The number of carbonyl (C=O) groups excluding carboxylic acids is 1. The SMILES string of the molecule is Cc1ccn2cc(-c3cccc(NC(=O)c4cccc([N+](=O)[O-])c4)c3)nc2c1. The quantitative estimate of drug-likeness (QED) is 0.423. The molecule has 0 atom stereocenters. The maximum absolute atomic E-state index is 12.5. The largest absolute Gasteiger partial charge is 0.322 e. The molecule has 0 aliphatic carbocycles. The minimum absolute atomic E-state index is 0.124. The lowest BCUT2D eigenvalue weighted by molar-refractivity contribution is -0.384. The number of benzene rings is 2. The third-order valence-corrected chi connectivity index (χ3v) is 4.35. The van der Waals surface area contributed by atoms with E-state index >= 15 is 0 Å². The van der Waals surface area contributed by atoms with Crippen LogP contribution in [0, 0.1) is 17.0 Å². The zero-order valence-corrected chi connectivity index (χ0v) is 15.0. The molecule has 0 aliphatic heterocycles. The molecule has 2 aromatic carbocycles. The van der Waals surface area contributed by atoms with Crippen molar-refractivity contribution in [2.45, 2.75) is 6.92 Å². The van der Waals surface area contributed by atoms with Gasteiger partial charge >= 0.3 is 0 Å². The van der Waals surface area contributed by atoms with Crippen LogP contribution in [-0.4, -0.2) is 20.2 Å². The second-order valence-corrected chi connectivity index (χ2v) is 6.44. The molecule has 4 rings (SSSR count). The van der Waals surface area contributed by atoms with Crippen LogP contribution in [0.15, 0.2) is 73.1 Å². The molecule has 4 aromatic rings. The molecule has 2 heterocycles. The Bertz CT molecular complexity index is 1210. The molecule has 1 amide bonds. The Hall–Kier alpha value is -4.00. The van der Waals surface area contributed by atoms with Crippen molar-refractivity contribution >= 4 is 22.9 Å². The Morgan fingerprint density at radius 1 is 1.11 bits per heavy atom. The fourth-order valence-electron chi connectivity index (χ4n) is 2.94. The number of pyridine rings is 1. The lowest BCUT2D eigenvalue weighted by atomic mass is 10.1. The number of hydrogen-bond donors (Lipinski definition) is 1. The first kappa shape index (κ1) is 17.4. The fraction of sp³-hybridized carbons (Fsp3) is 0.0476. The van der Waals surface area contributed by atoms with E-state index in [4.69, 9.17) is 0 Å². The highest BCUT2D eigenvalue weighted by Crippen LogP contribution is 2.23. The van der Waals surface area contributed by atoms with E-state index in [9.17, 15) is 14.9 Å². The minimum atomic E-state index is -0.525. The summed E-state index contributed by atoms with van der Waals surface area (Å²) in [5, 5.41) is 13.7. The van der Waals surface area contributed by atoms with E-state index in [0.717, 1.165) is 22.5 Å². The summed E-state index contributed by atoms with van der Waals surface area (Å²) in [5.41, 5.74) is 4.31. The summed E-state index contributed by atoms with van der Waals surface area (Å²) < 4.78 is 1.94. The molecule has 7 nitrogen and oxygen atoms in total. The first-order valence-electron chi connectivity index (χ1n) is 8.61. The van der Waals surface area contributed by atoms with E-state index in [-0.39, 0.29) is 11.3 Å². The fourth-order valence-corrected chi connectivity index (χ4v) is 2.94. The average Bonchev–Trinajstić information content (AvgIpc) is 3.11. The molecule has 0 spiro atoms. The van der Waals surface area contributed by atoms with Gasteiger partial charge in [0.2, 0.25) is 0 Å². The van der Waals surface area contributed by atoms with Crippen LogP contribution in [0.4, 0.5) is 11.4 Å². The molecule has 0 bridgehead atoms. The summed E-state index contributed by atoms with van der Waals surface area (Å²) in [6, 6.07) is 17.0. The standard InChI is InChI=1S/C21H16N4O3/c1-14-8-9-24-13-19(23-20(24)10-14)15-4-2-6-17(11-15)22-21(26)16-5-3-7-18(12-16)25(27)28/h2-13H,1H3,(H,22,26). The number of nitro groups is 1. The number of imidazole rings is 1. The van der Waals surface area contributed by atoms with Crippen molar-refractivity contribution in [1.29, 1.82) is 0 Å². The van der Waals surface area contributed by atoms with Crippen LogP contribution >= 0.6 is 0 Å². The Morgan fingerprint density at radius 2 is 1.93 bits per heavy atom. The average molecular weight is 372 g/mol. The predicted molar refractivity (Wildman–Crippen MR) is 106 cm³/mol. The van der Waals surface area contributed by atoms with Crippen molar-refractivity contribution in [2.24, 2.45) is 0 Å². The minimum Gasteiger partial charge on any atom is -0.322 e. The lowest BCUT2D eigenvalue weighted by Crippen LogP contribution is -2.12.